The third-order valence-corrected chi connectivity index (χ3v) is 4.86. The number of benzene rings is 2. The van der Waals surface area contributed by atoms with Gasteiger partial charge in [0.1, 0.15) is 5.52 Å². The number of fused-ring (bicyclic) bond motifs is 1. The van der Waals surface area contributed by atoms with E-state index in [-0.39, 0.29) is 24.0 Å². The fraction of sp³-hybridized carbons (Fsp3) is 0.118. The van der Waals surface area contributed by atoms with E-state index in [1.165, 1.54) is 0 Å². The Morgan fingerprint density at radius 2 is 1.81 bits per heavy atom. The van der Waals surface area contributed by atoms with Crippen molar-refractivity contribution in [3.8, 4) is 0 Å². The number of carbonyl (C=O) groups is 2. The van der Waals surface area contributed by atoms with Crippen molar-refractivity contribution in [1.82, 2.24) is 15.8 Å². The zero-order chi connectivity index (χ0) is 18.5. The number of oxazole rings is 1. The molecule has 2 aromatic carbocycles. The Morgan fingerprint density at radius 3 is 2.58 bits per heavy atom. The fourth-order valence-corrected chi connectivity index (χ4v) is 3.05. The van der Waals surface area contributed by atoms with Crippen molar-refractivity contribution < 1.29 is 14.0 Å². The lowest BCUT2D eigenvalue weighted by Crippen LogP contribution is -2.43. The number of para-hydroxylation sites is 2. The largest absolute Gasteiger partial charge is 0.431 e. The third kappa shape index (κ3) is 4.91. The first-order valence-corrected chi connectivity index (χ1v) is 9.25. The van der Waals surface area contributed by atoms with Crippen LogP contribution in [0.2, 0.25) is 10.0 Å². The monoisotopic (exact) mass is 409 g/mol. The molecule has 0 unspecified atom stereocenters. The minimum absolute atomic E-state index is 0.0554. The molecule has 6 nitrogen and oxygen atoms in total. The molecule has 0 bridgehead atoms. The molecule has 9 heteroatoms. The van der Waals surface area contributed by atoms with E-state index in [0.29, 0.717) is 26.4 Å². The van der Waals surface area contributed by atoms with E-state index in [0.717, 1.165) is 17.3 Å². The standard InChI is InChI=1S/C17H13Cl2N3O3S/c18-11-6-5-10(7-12(11)19)8-15(23)21-22-16(24)9-26-17-20-13-3-1-2-4-14(13)25-17/h1-7H,8-9H2,(H,21,23)(H,22,24). The second kappa shape index (κ2) is 8.44. The third-order valence-electron chi connectivity index (χ3n) is 3.29. The van der Waals surface area contributed by atoms with Gasteiger partial charge >= 0.3 is 0 Å². The number of hydrazine groups is 1. The van der Waals surface area contributed by atoms with Gasteiger partial charge in [0, 0.05) is 0 Å². The smallest absolute Gasteiger partial charge is 0.257 e. The molecule has 3 rings (SSSR count). The highest BCUT2D eigenvalue weighted by Crippen LogP contribution is 2.23. The Hall–Kier alpha value is -2.22. The van der Waals surface area contributed by atoms with Crippen LogP contribution < -0.4 is 10.9 Å². The van der Waals surface area contributed by atoms with Gasteiger partial charge in [0.25, 0.3) is 5.22 Å². The molecule has 3 aromatic rings. The van der Waals surface area contributed by atoms with Gasteiger partial charge in [0.05, 0.1) is 22.2 Å². The number of thioether (sulfide) groups is 1. The van der Waals surface area contributed by atoms with Crippen LogP contribution in [0.1, 0.15) is 5.56 Å². The molecule has 26 heavy (non-hydrogen) atoms. The summed E-state index contributed by atoms with van der Waals surface area (Å²) in [6.07, 6.45) is 0.0649. The average molecular weight is 410 g/mol. The number of nitrogens with zero attached hydrogens (tertiary/aromatic N) is 1. The van der Waals surface area contributed by atoms with E-state index in [2.05, 4.69) is 15.8 Å². The predicted octanol–water partition coefficient (Wildman–Crippen LogP) is 3.62. The maximum Gasteiger partial charge on any atom is 0.257 e. The SMILES string of the molecule is O=C(CSc1nc2ccccc2o1)NNC(=O)Cc1ccc(Cl)c(Cl)c1. The molecule has 0 saturated heterocycles. The van der Waals surface area contributed by atoms with Crippen LogP contribution in [-0.2, 0) is 16.0 Å². The number of nitrogens with one attached hydrogen (secondary N) is 2. The molecule has 0 aliphatic carbocycles. The Kier molecular flexibility index (Phi) is 6.03. The van der Waals surface area contributed by atoms with Gasteiger partial charge in [0.2, 0.25) is 11.8 Å². The Balaban J connectivity index is 1.44. The predicted molar refractivity (Wildman–Crippen MR) is 101 cm³/mol. The Morgan fingerprint density at radius 1 is 1.04 bits per heavy atom. The summed E-state index contributed by atoms with van der Waals surface area (Å²) in [5.74, 6) is -0.691. The van der Waals surface area contributed by atoms with E-state index in [1.54, 1.807) is 24.3 Å². The normalized spacial score (nSPS) is 10.7. The van der Waals surface area contributed by atoms with E-state index in [1.807, 2.05) is 18.2 Å². The molecule has 1 aromatic heterocycles. The van der Waals surface area contributed by atoms with Crippen molar-refractivity contribution in [2.24, 2.45) is 0 Å². The van der Waals surface area contributed by atoms with Crippen LogP contribution in [0.4, 0.5) is 0 Å². The maximum absolute atomic E-state index is 11.9. The Bertz CT molecular complexity index is 928. The minimum Gasteiger partial charge on any atom is -0.431 e. The van der Waals surface area contributed by atoms with Crippen molar-refractivity contribution in [3.63, 3.8) is 0 Å². The highest BCUT2D eigenvalue weighted by molar-refractivity contribution is 7.99. The van der Waals surface area contributed by atoms with Gasteiger partial charge < -0.3 is 4.42 Å². The van der Waals surface area contributed by atoms with Crippen LogP contribution in [0, 0.1) is 0 Å². The van der Waals surface area contributed by atoms with E-state index in [9.17, 15) is 9.59 Å². The molecule has 2 amide bonds. The number of halogens is 2. The summed E-state index contributed by atoms with van der Waals surface area (Å²) in [7, 11) is 0. The minimum atomic E-state index is -0.375. The van der Waals surface area contributed by atoms with Crippen molar-refractivity contribution in [2.45, 2.75) is 11.6 Å². The zero-order valence-corrected chi connectivity index (χ0v) is 15.6. The van der Waals surface area contributed by atoms with Crippen molar-refractivity contribution in [3.05, 3.63) is 58.1 Å². The molecule has 0 atom stereocenters. The van der Waals surface area contributed by atoms with Crippen LogP contribution >= 0.6 is 35.0 Å². The first kappa shape index (κ1) is 18.6. The average Bonchev–Trinajstić information content (AvgIpc) is 3.04. The quantitative estimate of drug-likeness (QED) is 0.496. The van der Waals surface area contributed by atoms with Crippen molar-refractivity contribution in [2.75, 3.05) is 5.75 Å². The molecule has 0 spiro atoms. The summed E-state index contributed by atoms with van der Waals surface area (Å²) >= 11 is 12.9. The summed E-state index contributed by atoms with van der Waals surface area (Å²) in [4.78, 5) is 28.0. The van der Waals surface area contributed by atoms with Crippen LogP contribution in [0.15, 0.2) is 52.1 Å². The summed E-state index contributed by atoms with van der Waals surface area (Å²) in [5.41, 5.74) is 6.77. The summed E-state index contributed by atoms with van der Waals surface area (Å²) in [6.45, 7) is 0. The number of aromatic nitrogens is 1. The summed E-state index contributed by atoms with van der Waals surface area (Å²) < 4.78 is 5.51. The fourth-order valence-electron chi connectivity index (χ4n) is 2.09. The van der Waals surface area contributed by atoms with Gasteiger partial charge in [-0.25, -0.2) is 4.98 Å². The zero-order valence-electron chi connectivity index (χ0n) is 13.3. The highest BCUT2D eigenvalue weighted by Gasteiger charge is 2.10. The molecule has 0 radical (unpaired) electrons. The number of hydrogen-bond acceptors (Lipinski definition) is 5. The molecule has 2 N–H and O–H groups in total. The van der Waals surface area contributed by atoms with Crippen LogP contribution in [-0.4, -0.2) is 22.6 Å². The van der Waals surface area contributed by atoms with Gasteiger partial charge in [0.15, 0.2) is 5.58 Å². The summed E-state index contributed by atoms with van der Waals surface area (Å²) in [5, 5.41) is 1.18. The molecule has 0 aliphatic heterocycles. The lowest BCUT2D eigenvalue weighted by molar-refractivity contribution is -0.127. The molecular formula is C17H13Cl2N3O3S. The van der Waals surface area contributed by atoms with E-state index >= 15 is 0 Å². The number of rotatable bonds is 5. The van der Waals surface area contributed by atoms with E-state index in [4.69, 9.17) is 27.6 Å². The molecule has 0 fully saturated rings. The van der Waals surface area contributed by atoms with Crippen LogP contribution in [0.25, 0.3) is 11.1 Å². The first-order chi connectivity index (χ1) is 12.5. The Labute approximate surface area is 163 Å². The number of amides is 2. The van der Waals surface area contributed by atoms with Crippen molar-refractivity contribution >= 4 is 57.9 Å². The molecule has 134 valence electrons. The van der Waals surface area contributed by atoms with Gasteiger partial charge in [-0.3, -0.25) is 20.4 Å². The lowest BCUT2D eigenvalue weighted by Gasteiger charge is -2.07. The molecule has 0 aliphatic rings. The van der Waals surface area contributed by atoms with E-state index < -0.39 is 0 Å². The number of hydrogen-bond donors (Lipinski definition) is 2. The lowest BCUT2D eigenvalue weighted by atomic mass is 10.1. The van der Waals surface area contributed by atoms with Gasteiger partial charge in [-0.15, -0.1) is 0 Å². The van der Waals surface area contributed by atoms with Gasteiger partial charge in [-0.1, -0.05) is 53.2 Å². The maximum atomic E-state index is 11.9. The topological polar surface area (TPSA) is 84.2 Å². The second-order valence-electron chi connectivity index (χ2n) is 5.26. The van der Waals surface area contributed by atoms with Gasteiger partial charge in [-0.05, 0) is 29.8 Å². The van der Waals surface area contributed by atoms with Crippen molar-refractivity contribution in [1.29, 1.82) is 0 Å². The number of carbonyl (C=O) groups excluding carboxylic acids is 2. The first-order valence-electron chi connectivity index (χ1n) is 7.51. The van der Waals surface area contributed by atoms with Gasteiger partial charge in [-0.2, -0.15) is 0 Å². The molecular weight excluding hydrogens is 397 g/mol. The summed E-state index contributed by atoms with van der Waals surface area (Å²) in [6, 6.07) is 12.2. The molecule has 0 saturated carbocycles. The van der Waals surface area contributed by atoms with Crippen LogP contribution in [0.5, 0.6) is 0 Å². The van der Waals surface area contributed by atoms with Crippen LogP contribution in [0.3, 0.4) is 0 Å². The highest BCUT2D eigenvalue weighted by atomic mass is 35.5. The second-order valence-corrected chi connectivity index (χ2v) is 7.00. The molecule has 1 heterocycles.